The predicted molar refractivity (Wildman–Crippen MR) is 358 cm³/mol. The quantitative estimate of drug-likeness (QED) is 0.104. The topological polar surface area (TPSA) is 302 Å². The second-order valence-corrected chi connectivity index (χ2v) is 28.5. The Morgan fingerprint density at radius 3 is 1.43 bits per heavy atom. The van der Waals surface area contributed by atoms with Gasteiger partial charge in [-0.2, -0.15) is 0 Å². The van der Waals surface area contributed by atoms with E-state index in [1.165, 1.54) is 105 Å². The van der Waals surface area contributed by atoms with Crippen LogP contribution in [-0.2, 0) is 59.2 Å². The minimum Gasteiger partial charge on any atom is -0.343 e. The Bertz CT molecular complexity index is 2760. The zero-order valence-electron chi connectivity index (χ0n) is 60.5. The van der Waals surface area contributed by atoms with Crippen molar-refractivity contribution in [1.82, 2.24) is 55.6 Å². The molecule has 25 heteroatoms. The van der Waals surface area contributed by atoms with Gasteiger partial charge in [0.2, 0.25) is 65.0 Å². The van der Waals surface area contributed by atoms with Crippen molar-refractivity contribution < 1.29 is 57.7 Å². The monoisotopic (exact) mass is 1310 g/mol. The highest BCUT2D eigenvalue weighted by molar-refractivity contribution is 5.99. The molecule has 0 bridgehead atoms. The summed E-state index contributed by atoms with van der Waals surface area (Å²) in [5.41, 5.74) is 0.704. The molecule has 12 atom stereocenters. The molecule has 526 valence electrons. The third kappa shape index (κ3) is 23.0. The van der Waals surface area contributed by atoms with E-state index in [2.05, 4.69) is 21.3 Å². The molecule has 25 nitrogen and oxygen atoms in total. The normalized spacial score (nSPS) is 25.4. The van der Waals surface area contributed by atoms with Crippen LogP contribution >= 0.6 is 0 Å². The number of nitro benzene ring substituents is 1. The number of carbonyl (C=O) groups excluding carboxylic acids is 11. The molecule has 1 saturated heterocycles. The number of hydrogen-bond acceptors (Lipinski definition) is 13. The van der Waals surface area contributed by atoms with Gasteiger partial charge in [-0.05, 0) is 112 Å². The van der Waals surface area contributed by atoms with Crippen molar-refractivity contribution in [1.29, 1.82) is 0 Å². The van der Waals surface area contributed by atoms with Crippen LogP contribution in [-0.4, -0.2) is 220 Å². The van der Waals surface area contributed by atoms with Crippen LogP contribution in [0, 0.1) is 57.5 Å². The molecular weight excluding hydrogens is 1190 g/mol. The number of hydrogen-bond donors (Lipinski definition) is 4. The van der Waals surface area contributed by atoms with E-state index in [0.29, 0.717) is 19.3 Å². The van der Waals surface area contributed by atoms with Crippen molar-refractivity contribution in [3.8, 4) is 0 Å². The number of benzene rings is 1. The molecule has 0 aromatic heterocycles. The van der Waals surface area contributed by atoms with E-state index in [0.717, 1.165) is 10.5 Å². The van der Waals surface area contributed by atoms with E-state index in [-0.39, 0.29) is 67.4 Å². The van der Waals surface area contributed by atoms with Crippen LogP contribution in [0.25, 0.3) is 0 Å². The molecule has 1 aromatic carbocycles. The maximum atomic E-state index is 15.5. The summed E-state index contributed by atoms with van der Waals surface area (Å²) in [6.45, 7) is 29.7. The lowest BCUT2D eigenvalue weighted by Gasteiger charge is -2.42. The second-order valence-electron chi connectivity index (χ2n) is 28.5. The van der Waals surface area contributed by atoms with E-state index < -0.39 is 155 Å². The molecule has 0 radical (unpaired) electrons. The van der Waals surface area contributed by atoms with Crippen LogP contribution in [0.1, 0.15) is 168 Å². The molecule has 0 unspecified atom stereocenters. The van der Waals surface area contributed by atoms with Gasteiger partial charge >= 0.3 is 0 Å². The van der Waals surface area contributed by atoms with E-state index in [9.17, 15) is 43.7 Å². The largest absolute Gasteiger partial charge is 0.343 e. The predicted octanol–water partition coefficient (Wildman–Crippen LogP) is 5.51. The summed E-state index contributed by atoms with van der Waals surface area (Å²) in [5.74, 6) is -9.65. The number of likely N-dealkylation sites (N-methyl/N-ethyl adjacent to an activating group) is 7. The first-order chi connectivity index (χ1) is 43.0. The SMILES string of the molecule is CC[C@@H]1NC(=O)[C@H]([C@H](C)[C@H](C)CCCc2cccc([N+](=O)[O-])c2)N(C)C(=O)[C@H](C(C)C)N(C)C(=O)[C@H](CC(C)C)N(C)C(=O)[C@H](CC(C)C)N(C)C(=O)[C@@H](C)NC(=O)[C@H](C)NC(=O)[C@H](CC(C)C)N(C)C(=O)[C@H](C(C)C)NC(=O)[C@H](CC(C)C)N(C)C(=O)CN(C)C1=O. The standard InChI is InChI=1S/C68H116N12O13/c1-25-50-64(87)73(18)37-55(81)74(19)51(32-38(2)3)61(84)72-56(42(10)11)67(90)75(20)52(33-39(4)5)60(83)69-46(16)59(82)70-47(17)63(86)76(21)53(34-40(6)7)65(88)77(22)54(35-41(8)9)66(89)78(23)57(43(12)13)68(91)79(24)58(62(85)71-50)45(15)44(14)28-26-29-48-30-27-31-49(36-48)80(92)93/h27,30-31,36,38-47,50-54,56-58H,25-26,28-29,32-35,37H2,1-24H3,(H,69,83)(H,70,82)(H,71,85)(H,72,84)/t44-,45-,46+,47-,50+,51+,52+,53+,54+,56+,57+,58+/m1/s1. The van der Waals surface area contributed by atoms with Crippen molar-refractivity contribution >= 4 is 70.7 Å². The number of nitrogens with zero attached hydrogens (tertiary/aromatic N) is 8. The van der Waals surface area contributed by atoms with E-state index in [4.69, 9.17) is 0 Å². The summed E-state index contributed by atoms with van der Waals surface area (Å²) < 4.78 is 0. The lowest BCUT2D eigenvalue weighted by molar-refractivity contribution is -0.384. The zero-order valence-corrected chi connectivity index (χ0v) is 60.5. The summed E-state index contributed by atoms with van der Waals surface area (Å²) >= 11 is 0. The summed E-state index contributed by atoms with van der Waals surface area (Å²) in [6, 6.07) is -5.59. The summed E-state index contributed by atoms with van der Waals surface area (Å²) in [4.78, 5) is 182. The molecule has 0 saturated carbocycles. The number of rotatable bonds is 18. The summed E-state index contributed by atoms with van der Waals surface area (Å²) in [6.07, 6.45) is 2.21. The molecule has 93 heavy (non-hydrogen) atoms. The number of nitrogens with one attached hydrogen (secondary N) is 4. The number of nitro groups is 1. The highest BCUT2D eigenvalue weighted by Gasteiger charge is 2.45. The minimum atomic E-state index is -1.26. The van der Waals surface area contributed by atoms with Gasteiger partial charge < -0.3 is 55.6 Å². The Morgan fingerprint density at radius 2 is 0.946 bits per heavy atom. The van der Waals surface area contributed by atoms with Gasteiger partial charge in [-0.1, -0.05) is 122 Å². The molecule has 4 N–H and O–H groups in total. The Morgan fingerprint density at radius 1 is 0.495 bits per heavy atom. The van der Waals surface area contributed by atoms with E-state index >= 15 is 19.2 Å². The average Bonchev–Trinajstić information content (AvgIpc) is 0.812. The summed E-state index contributed by atoms with van der Waals surface area (Å²) in [5, 5.41) is 22.8. The van der Waals surface area contributed by atoms with Crippen LogP contribution in [0.2, 0.25) is 0 Å². The number of amides is 11. The fourth-order valence-electron chi connectivity index (χ4n) is 12.1. The van der Waals surface area contributed by atoms with Crippen LogP contribution < -0.4 is 21.3 Å². The van der Waals surface area contributed by atoms with Gasteiger partial charge in [0.1, 0.15) is 60.4 Å². The van der Waals surface area contributed by atoms with Crippen molar-refractivity contribution in [3.05, 3.63) is 39.9 Å². The lowest BCUT2D eigenvalue weighted by Crippen LogP contribution is -2.62. The van der Waals surface area contributed by atoms with Gasteiger partial charge in [-0.25, -0.2) is 0 Å². The van der Waals surface area contributed by atoms with Crippen LogP contribution in [0.4, 0.5) is 5.69 Å². The van der Waals surface area contributed by atoms with Gasteiger partial charge in [-0.15, -0.1) is 0 Å². The third-order valence-electron chi connectivity index (χ3n) is 18.1. The molecule has 11 amide bonds. The molecule has 1 aliphatic heterocycles. The molecule has 0 spiro atoms. The molecule has 2 rings (SSSR count). The fraction of sp³-hybridized carbons (Fsp3) is 0.750. The first kappa shape index (κ1) is 81.9. The lowest BCUT2D eigenvalue weighted by atomic mass is 9.83. The third-order valence-corrected chi connectivity index (χ3v) is 18.1. The maximum absolute atomic E-state index is 15.5. The Kier molecular flexibility index (Phi) is 32.6. The first-order valence-electron chi connectivity index (χ1n) is 33.3. The van der Waals surface area contributed by atoms with Gasteiger partial charge in [0, 0.05) is 61.5 Å². The van der Waals surface area contributed by atoms with Gasteiger partial charge in [-0.3, -0.25) is 62.9 Å². The number of aryl methyl sites for hydroxylation is 1. The van der Waals surface area contributed by atoms with Gasteiger partial charge in [0.15, 0.2) is 0 Å². The Labute approximate surface area is 554 Å². The number of carbonyl (C=O) groups is 11. The van der Waals surface area contributed by atoms with Gasteiger partial charge in [0.05, 0.1) is 11.5 Å². The van der Waals surface area contributed by atoms with E-state index in [1.807, 2.05) is 69.2 Å². The Balaban J connectivity index is 2.98. The fourth-order valence-corrected chi connectivity index (χ4v) is 12.1. The molecule has 1 heterocycles. The average molecular weight is 1310 g/mol. The van der Waals surface area contributed by atoms with Crippen molar-refractivity contribution in [2.75, 3.05) is 55.9 Å². The van der Waals surface area contributed by atoms with Gasteiger partial charge in [0.25, 0.3) is 5.69 Å². The molecule has 1 fully saturated rings. The zero-order chi connectivity index (χ0) is 71.5. The van der Waals surface area contributed by atoms with E-state index in [1.54, 1.807) is 46.8 Å². The smallest absolute Gasteiger partial charge is 0.269 e. The van der Waals surface area contributed by atoms with Crippen LogP contribution in [0.15, 0.2) is 24.3 Å². The van der Waals surface area contributed by atoms with Crippen LogP contribution in [0.3, 0.4) is 0 Å². The Hall–Kier alpha value is -7.21. The molecular formula is C68H116N12O13. The first-order valence-corrected chi connectivity index (χ1v) is 33.3. The number of non-ortho nitro benzene ring substituents is 1. The molecule has 1 aliphatic rings. The highest BCUT2D eigenvalue weighted by Crippen LogP contribution is 2.29. The van der Waals surface area contributed by atoms with Crippen molar-refractivity contribution in [2.24, 2.45) is 47.3 Å². The maximum Gasteiger partial charge on any atom is 0.269 e. The summed E-state index contributed by atoms with van der Waals surface area (Å²) in [7, 11) is 10.1. The van der Waals surface area contributed by atoms with Crippen LogP contribution in [0.5, 0.6) is 0 Å². The molecule has 0 aliphatic carbocycles. The highest BCUT2D eigenvalue weighted by atomic mass is 16.6. The minimum absolute atomic E-state index is 0.0432. The molecule has 1 aromatic rings. The van der Waals surface area contributed by atoms with Crippen molar-refractivity contribution in [3.63, 3.8) is 0 Å². The van der Waals surface area contributed by atoms with Crippen molar-refractivity contribution in [2.45, 2.75) is 229 Å². The second kappa shape index (κ2) is 37.0.